The number of nitro benzene ring substituents is 1. The maximum atomic E-state index is 11.0. The second kappa shape index (κ2) is 7.86. The summed E-state index contributed by atoms with van der Waals surface area (Å²) in [5.74, 6) is 1.15. The number of anilines is 1. The van der Waals surface area contributed by atoms with Gasteiger partial charge in [-0.15, -0.1) is 0 Å². The van der Waals surface area contributed by atoms with E-state index >= 15 is 0 Å². The smallest absolute Gasteiger partial charge is 0.275 e. The van der Waals surface area contributed by atoms with Crippen molar-refractivity contribution in [2.45, 2.75) is 59.6 Å². The van der Waals surface area contributed by atoms with Gasteiger partial charge in [-0.05, 0) is 33.1 Å². The molecule has 1 aromatic rings. The van der Waals surface area contributed by atoms with E-state index in [9.17, 15) is 10.1 Å². The molecule has 0 fully saturated rings. The monoisotopic (exact) mass is 294 g/mol. The first-order chi connectivity index (χ1) is 9.81. The highest BCUT2D eigenvalue weighted by molar-refractivity contribution is 5.56. The van der Waals surface area contributed by atoms with Gasteiger partial charge < -0.3 is 10.1 Å². The molecule has 0 heterocycles. The SMILES string of the molecule is CCC(C)CC(C)Nc1cc(OC(C)C)cc([N+](=O)[O-])c1. The van der Waals surface area contributed by atoms with Crippen LogP contribution in [0.4, 0.5) is 11.4 Å². The van der Waals surface area contributed by atoms with E-state index < -0.39 is 4.92 Å². The second-order valence-electron chi connectivity index (χ2n) is 5.93. The predicted octanol–water partition coefficient (Wildman–Crippen LogP) is 4.62. The number of rotatable bonds is 8. The Morgan fingerprint density at radius 2 is 1.90 bits per heavy atom. The lowest BCUT2D eigenvalue weighted by Gasteiger charge is -2.19. The molecule has 0 aliphatic rings. The van der Waals surface area contributed by atoms with Crippen molar-refractivity contribution in [3.8, 4) is 5.75 Å². The average molecular weight is 294 g/mol. The number of non-ortho nitro benzene ring substituents is 1. The van der Waals surface area contributed by atoms with Crippen molar-refractivity contribution < 1.29 is 9.66 Å². The number of ether oxygens (including phenoxy) is 1. The fraction of sp³-hybridized carbons (Fsp3) is 0.625. The Bertz CT molecular complexity index is 475. The third-order valence-electron chi connectivity index (χ3n) is 3.34. The highest BCUT2D eigenvalue weighted by atomic mass is 16.6. The van der Waals surface area contributed by atoms with Crippen LogP contribution < -0.4 is 10.1 Å². The molecule has 118 valence electrons. The Morgan fingerprint density at radius 1 is 1.24 bits per heavy atom. The van der Waals surface area contributed by atoms with Crippen molar-refractivity contribution in [3.63, 3.8) is 0 Å². The second-order valence-corrected chi connectivity index (χ2v) is 5.93. The van der Waals surface area contributed by atoms with Crippen LogP contribution in [0.25, 0.3) is 0 Å². The van der Waals surface area contributed by atoms with Crippen LogP contribution in [-0.2, 0) is 0 Å². The zero-order chi connectivity index (χ0) is 16.0. The van der Waals surface area contributed by atoms with Crippen molar-refractivity contribution in [1.29, 1.82) is 0 Å². The van der Waals surface area contributed by atoms with Crippen molar-refractivity contribution >= 4 is 11.4 Å². The minimum absolute atomic E-state index is 0.0163. The van der Waals surface area contributed by atoms with Gasteiger partial charge in [0.15, 0.2) is 0 Å². The van der Waals surface area contributed by atoms with Crippen LogP contribution in [0.3, 0.4) is 0 Å². The van der Waals surface area contributed by atoms with Gasteiger partial charge >= 0.3 is 0 Å². The molecule has 0 spiro atoms. The molecular weight excluding hydrogens is 268 g/mol. The highest BCUT2D eigenvalue weighted by Gasteiger charge is 2.14. The number of nitro groups is 1. The molecule has 0 saturated carbocycles. The molecule has 0 radical (unpaired) electrons. The molecule has 0 aromatic heterocycles. The van der Waals surface area contributed by atoms with Crippen LogP contribution in [0.5, 0.6) is 5.75 Å². The van der Waals surface area contributed by atoms with Crippen LogP contribution in [0.15, 0.2) is 18.2 Å². The fourth-order valence-electron chi connectivity index (χ4n) is 2.23. The lowest BCUT2D eigenvalue weighted by Crippen LogP contribution is -2.18. The van der Waals surface area contributed by atoms with E-state index in [0.29, 0.717) is 11.7 Å². The minimum atomic E-state index is -0.391. The normalized spacial score (nSPS) is 13.8. The maximum Gasteiger partial charge on any atom is 0.275 e. The lowest BCUT2D eigenvalue weighted by atomic mass is 10.0. The van der Waals surface area contributed by atoms with E-state index in [4.69, 9.17) is 4.74 Å². The summed E-state index contributed by atoms with van der Waals surface area (Å²) < 4.78 is 5.59. The molecule has 2 unspecified atom stereocenters. The van der Waals surface area contributed by atoms with Gasteiger partial charge in [0.1, 0.15) is 5.75 Å². The summed E-state index contributed by atoms with van der Waals surface area (Å²) in [6.07, 6.45) is 2.14. The summed E-state index contributed by atoms with van der Waals surface area (Å²) in [5, 5.41) is 14.4. The Morgan fingerprint density at radius 3 is 2.43 bits per heavy atom. The number of hydrogen-bond donors (Lipinski definition) is 1. The van der Waals surface area contributed by atoms with E-state index in [2.05, 4.69) is 26.1 Å². The molecule has 1 N–H and O–H groups in total. The van der Waals surface area contributed by atoms with Gasteiger partial charge in [-0.2, -0.15) is 0 Å². The molecule has 0 bridgehead atoms. The summed E-state index contributed by atoms with van der Waals surface area (Å²) in [4.78, 5) is 10.6. The number of benzene rings is 1. The third kappa shape index (κ3) is 6.02. The van der Waals surface area contributed by atoms with Gasteiger partial charge in [0, 0.05) is 23.9 Å². The summed E-state index contributed by atoms with van der Waals surface area (Å²) in [5.41, 5.74) is 0.780. The standard InChI is InChI=1S/C16H26N2O3/c1-6-12(4)7-13(5)17-14-8-15(18(19)20)10-16(9-14)21-11(2)3/h8-13,17H,6-7H2,1-5H3. The van der Waals surface area contributed by atoms with E-state index in [0.717, 1.165) is 18.5 Å². The molecule has 5 nitrogen and oxygen atoms in total. The summed E-state index contributed by atoms with van der Waals surface area (Å²) >= 11 is 0. The molecule has 1 rings (SSSR count). The van der Waals surface area contributed by atoms with Crippen molar-refractivity contribution in [2.75, 3.05) is 5.32 Å². The van der Waals surface area contributed by atoms with E-state index in [1.807, 2.05) is 19.9 Å². The van der Waals surface area contributed by atoms with Crippen LogP contribution in [-0.4, -0.2) is 17.1 Å². The molecule has 5 heteroatoms. The van der Waals surface area contributed by atoms with Crippen LogP contribution in [0.1, 0.15) is 47.5 Å². The molecule has 0 saturated heterocycles. The maximum absolute atomic E-state index is 11.0. The first-order valence-electron chi connectivity index (χ1n) is 7.54. The van der Waals surface area contributed by atoms with E-state index in [-0.39, 0.29) is 17.8 Å². The van der Waals surface area contributed by atoms with Gasteiger partial charge in [-0.3, -0.25) is 10.1 Å². The number of nitrogens with zero attached hydrogens (tertiary/aromatic N) is 1. The summed E-state index contributed by atoms with van der Waals surface area (Å²) in [7, 11) is 0. The van der Waals surface area contributed by atoms with Crippen LogP contribution in [0.2, 0.25) is 0 Å². The highest BCUT2D eigenvalue weighted by Crippen LogP contribution is 2.27. The van der Waals surface area contributed by atoms with Crippen molar-refractivity contribution in [2.24, 2.45) is 5.92 Å². The van der Waals surface area contributed by atoms with Gasteiger partial charge in [-0.1, -0.05) is 20.3 Å². The van der Waals surface area contributed by atoms with E-state index in [1.54, 1.807) is 6.07 Å². The summed E-state index contributed by atoms with van der Waals surface area (Å²) in [6, 6.07) is 5.10. The van der Waals surface area contributed by atoms with Gasteiger partial charge in [-0.25, -0.2) is 0 Å². The summed E-state index contributed by atoms with van der Waals surface area (Å²) in [6.45, 7) is 10.3. The molecule has 0 aliphatic carbocycles. The number of hydrogen-bond acceptors (Lipinski definition) is 4. The zero-order valence-electron chi connectivity index (χ0n) is 13.6. The van der Waals surface area contributed by atoms with Gasteiger partial charge in [0.25, 0.3) is 5.69 Å². The van der Waals surface area contributed by atoms with Crippen LogP contribution in [0, 0.1) is 16.0 Å². The van der Waals surface area contributed by atoms with E-state index in [1.165, 1.54) is 6.07 Å². The first kappa shape index (κ1) is 17.3. The van der Waals surface area contributed by atoms with Gasteiger partial charge in [0.05, 0.1) is 17.1 Å². The Kier molecular flexibility index (Phi) is 6.46. The lowest BCUT2D eigenvalue weighted by molar-refractivity contribution is -0.384. The first-order valence-corrected chi connectivity index (χ1v) is 7.54. The Labute approximate surface area is 126 Å². The molecule has 0 amide bonds. The number of nitrogens with one attached hydrogen (secondary N) is 1. The molecule has 21 heavy (non-hydrogen) atoms. The van der Waals surface area contributed by atoms with Crippen molar-refractivity contribution in [1.82, 2.24) is 0 Å². The van der Waals surface area contributed by atoms with Gasteiger partial charge in [0.2, 0.25) is 0 Å². The molecule has 2 atom stereocenters. The average Bonchev–Trinajstić information content (AvgIpc) is 2.36. The topological polar surface area (TPSA) is 64.4 Å². The third-order valence-corrected chi connectivity index (χ3v) is 3.34. The largest absolute Gasteiger partial charge is 0.491 e. The Hall–Kier alpha value is -1.78. The fourth-order valence-corrected chi connectivity index (χ4v) is 2.23. The minimum Gasteiger partial charge on any atom is -0.491 e. The molecule has 0 aliphatic heterocycles. The molecule has 1 aromatic carbocycles. The zero-order valence-corrected chi connectivity index (χ0v) is 13.6. The molecular formula is C16H26N2O3. The Balaban J connectivity index is 2.89. The quantitative estimate of drug-likeness (QED) is 0.561. The van der Waals surface area contributed by atoms with Crippen molar-refractivity contribution in [3.05, 3.63) is 28.3 Å². The predicted molar refractivity (Wildman–Crippen MR) is 86.0 cm³/mol. The van der Waals surface area contributed by atoms with Crippen LogP contribution >= 0.6 is 0 Å².